The van der Waals surface area contributed by atoms with Crippen molar-refractivity contribution in [3.8, 4) is 0 Å². The van der Waals surface area contributed by atoms with Gasteiger partial charge in [0.25, 0.3) is 0 Å². The maximum Gasteiger partial charge on any atom is 0.304 e. The molecule has 1 atom stereocenters. The number of nitrogens with one attached hydrogen (secondary N) is 1. The summed E-state index contributed by atoms with van der Waals surface area (Å²) in [5, 5.41) is 12.3. The molecule has 0 aromatic heterocycles. The summed E-state index contributed by atoms with van der Waals surface area (Å²) in [7, 11) is 0. The van der Waals surface area contributed by atoms with Crippen LogP contribution in [-0.2, 0) is 15.0 Å². The van der Waals surface area contributed by atoms with Crippen LogP contribution >= 0.6 is 11.6 Å². The molecule has 1 aliphatic heterocycles. The Balaban J connectivity index is 2.36. The second-order valence-electron chi connectivity index (χ2n) is 4.31. The highest BCUT2D eigenvalue weighted by Gasteiger charge is 2.41. The third-order valence-electron chi connectivity index (χ3n) is 3.07. The van der Waals surface area contributed by atoms with Crippen LogP contribution in [0.25, 0.3) is 0 Å². The zero-order chi connectivity index (χ0) is 12.5. The lowest BCUT2D eigenvalue weighted by atomic mass is 9.77. The maximum atomic E-state index is 11.4. The molecule has 0 spiro atoms. The Labute approximate surface area is 104 Å². The summed E-state index contributed by atoms with van der Waals surface area (Å²) in [6, 6.07) is 6.99. The smallest absolute Gasteiger partial charge is 0.304 e. The highest BCUT2D eigenvalue weighted by Crippen LogP contribution is 2.35. The van der Waals surface area contributed by atoms with Gasteiger partial charge >= 0.3 is 5.97 Å². The molecule has 0 bridgehead atoms. The van der Waals surface area contributed by atoms with Crippen LogP contribution < -0.4 is 5.32 Å². The number of hydrogen-bond acceptors (Lipinski definition) is 2. The molecule has 4 nitrogen and oxygen atoms in total. The van der Waals surface area contributed by atoms with Gasteiger partial charge in [0.05, 0.1) is 6.42 Å². The van der Waals surface area contributed by atoms with Crippen LogP contribution in [0.4, 0.5) is 0 Å². The lowest BCUT2D eigenvalue weighted by Crippen LogP contribution is -2.31. The summed E-state index contributed by atoms with van der Waals surface area (Å²) < 4.78 is 0. The zero-order valence-corrected chi connectivity index (χ0v) is 9.83. The lowest BCUT2D eigenvalue weighted by Gasteiger charge is -2.25. The number of hydrogen-bond donors (Lipinski definition) is 2. The van der Waals surface area contributed by atoms with Gasteiger partial charge in [-0.15, -0.1) is 0 Å². The minimum Gasteiger partial charge on any atom is -0.481 e. The first-order valence-corrected chi connectivity index (χ1v) is 5.64. The van der Waals surface area contributed by atoms with E-state index >= 15 is 0 Å². The van der Waals surface area contributed by atoms with E-state index in [0.717, 1.165) is 5.56 Å². The predicted molar refractivity (Wildman–Crippen MR) is 63.0 cm³/mol. The molecule has 1 amide bonds. The van der Waals surface area contributed by atoms with E-state index in [1.807, 2.05) is 0 Å². The van der Waals surface area contributed by atoms with E-state index in [4.69, 9.17) is 16.7 Å². The fraction of sp³-hybridized carbons (Fsp3) is 0.333. The molecule has 0 saturated carbocycles. The normalized spacial score (nSPS) is 23.5. The maximum absolute atomic E-state index is 11.4. The van der Waals surface area contributed by atoms with Gasteiger partial charge in [-0.1, -0.05) is 23.7 Å². The topological polar surface area (TPSA) is 66.4 Å². The minimum atomic E-state index is -0.906. The molecule has 1 fully saturated rings. The van der Waals surface area contributed by atoms with Gasteiger partial charge in [-0.25, -0.2) is 0 Å². The molecule has 1 aromatic rings. The van der Waals surface area contributed by atoms with E-state index in [9.17, 15) is 9.59 Å². The van der Waals surface area contributed by atoms with Gasteiger partial charge in [-0.2, -0.15) is 0 Å². The van der Waals surface area contributed by atoms with Crippen LogP contribution in [0.3, 0.4) is 0 Å². The van der Waals surface area contributed by atoms with Crippen molar-refractivity contribution in [2.75, 3.05) is 6.54 Å². The first kappa shape index (κ1) is 11.9. The van der Waals surface area contributed by atoms with Gasteiger partial charge in [0.15, 0.2) is 0 Å². The van der Waals surface area contributed by atoms with Crippen molar-refractivity contribution in [3.63, 3.8) is 0 Å². The Hall–Kier alpha value is -1.55. The summed E-state index contributed by atoms with van der Waals surface area (Å²) in [5.74, 6) is -1.02. The van der Waals surface area contributed by atoms with E-state index < -0.39 is 11.4 Å². The number of aliphatic carboxylic acids is 1. The van der Waals surface area contributed by atoms with Crippen LogP contribution in [-0.4, -0.2) is 23.5 Å². The first-order valence-electron chi connectivity index (χ1n) is 5.26. The number of amides is 1. The van der Waals surface area contributed by atoms with Crippen molar-refractivity contribution in [2.45, 2.75) is 18.3 Å². The molecule has 2 N–H and O–H groups in total. The number of carboxylic acid groups (broad SMARTS) is 1. The summed E-state index contributed by atoms with van der Waals surface area (Å²) in [5.41, 5.74) is 0.190. The molecule has 0 radical (unpaired) electrons. The Kier molecular flexibility index (Phi) is 3.07. The molecule has 17 heavy (non-hydrogen) atoms. The van der Waals surface area contributed by atoms with E-state index in [0.29, 0.717) is 11.6 Å². The molecule has 1 aliphatic rings. The molecule has 90 valence electrons. The number of benzene rings is 1. The highest BCUT2D eigenvalue weighted by molar-refractivity contribution is 6.30. The van der Waals surface area contributed by atoms with Gasteiger partial charge in [0, 0.05) is 23.4 Å². The van der Waals surface area contributed by atoms with Crippen LogP contribution in [0.5, 0.6) is 0 Å². The molecule has 1 saturated heterocycles. The molecular weight excluding hydrogens is 242 g/mol. The second kappa shape index (κ2) is 4.37. The monoisotopic (exact) mass is 253 g/mol. The molecule has 1 aromatic carbocycles. The van der Waals surface area contributed by atoms with Gasteiger partial charge in [0.1, 0.15) is 0 Å². The number of carboxylic acids is 1. The predicted octanol–water partition coefficient (Wildman–Crippen LogP) is 1.57. The van der Waals surface area contributed by atoms with Crippen LogP contribution in [0.15, 0.2) is 24.3 Å². The van der Waals surface area contributed by atoms with Crippen molar-refractivity contribution in [1.82, 2.24) is 5.32 Å². The van der Waals surface area contributed by atoms with Gasteiger partial charge in [0.2, 0.25) is 5.91 Å². The zero-order valence-electron chi connectivity index (χ0n) is 9.07. The third-order valence-corrected chi connectivity index (χ3v) is 3.32. The molecule has 0 aliphatic carbocycles. The third kappa shape index (κ3) is 2.42. The van der Waals surface area contributed by atoms with E-state index in [1.54, 1.807) is 24.3 Å². The van der Waals surface area contributed by atoms with Crippen LogP contribution in [0.1, 0.15) is 18.4 Å². The number of halogens is 1. The number of rotatable bonds is 3. The summed E-state index contributed by atoms with van der Waals surface area (Å²) in [6.07, 6.45) is 0.147. The lowest BCUT2D eigenvalue weighted by molar-refractivity contribution is -0.138. The van der Waals surface area contributed by atoms with E-state index in [2.05, 4.69) is 5.32 Å². The average molecular weight is 254 g/mol. The Morgan fingerprint density at radius 3 is 2.53 bits per heavy atom. The van der Waals surface area contributed by atoms with E-state index in [1.165, 1.54) is 0 Å². The SMILES string of the molecule is O=C(O)CC1(c2ccc(Cl)cc2)CNC(=O)C1. The van der Waals surface area contributed by atoms with Crippen molar-refractivity contribution >= 4 is 23.5 Å². The van der Waals surface area contributed by atoms with Crippen molar-refractivity contribution in [1.29, 1.82) is 0 Å². The second-order valence-corrected chi connectivity index (χ2v) is 4.75. The van der Waals surface area contributed by atoms with Gasteiger partial charge in [-0.3, -0.25) is 9.59 Å². The van der Waals surface area contributed by atoms with Crippen LogP contribution in [0, 0.1) is 0 Å². The molecular formula is C12H12ClNO3. The Morgan fingerprint density at radius 2 is 2.06 bits per heavy atom. The fourth-order valence-electron chi connectivity index (χ4n) is 2.22. The minimum absolute atomic E-state index is 0.0621. The Morgan fingerprint density at radius 1 is 1.41 bits per heavy atom. The quantitative estimate of drug-likeness (QED) is 0.859. The summed E-state index contributed by atoms with van der Waals surface area (Å²) in [4.78, 5) is 22.3. The summed E-state index contributed by atoms with van der Waals surface area (Å²) in [6.45, 7) is 0.361. The molecule has 1 heterocycles. The first-order chi connectivity index (χ1) is 8.02. The Bertz CT molecular complexity index is 457. The van der Waals surface area contributed by atoms with Crippen molar-refractivity contribution in [2.24, 2.45) is 0 Å². The van der Waals surface area contributed by atoms with Crippen LogP contribution in [0.2, 0.25) is 5.02 Å². The van der Waals surface area contributed by atoms with Gasteiger partial charge in [-0.05, 0) is 17.7 Å². The number of carbonyl (C=O) groups is 2. The van der Waals surface area contributed by atoms with Gasteiger partial charge < -0.3 is 10.4 Å². The fourth-order valence-corrected chi connectivity index (χ4v) is 2.35. The number of carbonyl (C=O) groups excluding carboxylic acids is 1. The van der Waals surface area contributed by atoms with Crippen molar-refractivity contribution in [3.05, 3.63) is 34.9 Å². The molecule has 2 rings (SSSR count). The standard InChI is InChI=1S/C12H12ClNO3/c13-9-3-1-8(2-4-9)12(6-11(16)17)5-10(15)14-7-12/h1-4H,5-7H2,(H,14,15)(H,16,17). The molecule has 1 unspecified atom stereocenters. The average Bonchev–Trinajstić information content (AvgIpc) is 2.61. The van der Waals surface area contributed by atoms with Crippen molar-refractivity contribution < 1.29 is 14.7 Å². The van der Waals surface area contributed by atoms with E-state index in [-0.39, 0.29) is 18.7 Å². The molecule has 5 heteroatoms. The summed E-state index contributed by atoms with van der Waals surface area (Å²) >= 11 is 5.80. The highest BCUT2D eigenvalue weighted by atomic mass is 35.5. The largest absolute Gasteiger partial charge is 0.481 e.